The van der Waals surface area contributed by atoms with Gasteiger partial charge in [0.2, 0.25) is 5.95 Å². The average Bonchev–Trinajstić information content (AvgIpc) is 3.06. The molecule has 0 bridgehead atoms. The Labute approximate surface area is 113 Å². The molecule has 1 aliphatic rings. The molecule has 1 aliphatic heterocycles. The molecule has 2 aromatic rings. The second-order valence-electron chi connectivity index (χ2n) is 3.98. The van der Waals surface area contributed by atoms with Crippen molar-refractivity contribution in [2.24, 2.45) is 0 Å². The van der Waals surface area contributed by atoms with Crippen LogP contribution in [0.1, 0.15) is 20.7 Å². The van der Waals surface area contributed by atoms with Gasteiger partial charge in [-0.1, -0.05) is 0 Å². The maximum atomic E-state index is 12.4. The summed E-state index contributed by atoms with van der Waals surface area (Å²) in [6.07, 6.45) is 1.22. The van der Waals surface area contributed by atoms with Gasteiger partial charge in [0.25, 0.3) is 11.8 Å². The van der Waals surface area contributed by atoms with Gasteiger partial charge >= 0.3 is 0 Å². The molecule has 0 spiro atoms. The number of carbonyl (C=O) groups excluding carboxylic acids is 2. The van der Waals surface area contributed by atoms with Gasteiger partial charge in [-0.05, 0) is 12.1 Å². The molecule has 102 valence electrons. The molecule has 8 heteroatoms. The summed E-state index contributed by atoms with van der Waals surface area (Å²) in [7, 11) is 2.87. The second-order valence-corrected chi connectivity index (χ2v) is 3.98. The third kappa shape index (κ3) is 1.48. The van der Waals surface area contributed by atoms with Gasteiger partial charge in [0.1, 0.15) is 6.33 Å². The lowest BCUT2D eigenvalue weighted by atomic mass is 10.1. The van der Waals surface area contributed by atoms with E-state index in [2.05, 4.69) is 15.2 Å². The van der Waals surface area contributed by atoms with Gasteiger partial charge in [0.15, 0.2) is 11.5 Å². The molecule has 0 atom stereocenters. The standard InChI is InChI=1S/C12H10N4O4/c1-19-7-4-3-6-8(9(7)20-2)11(18)16(10(6)17)12-13-5-14-15-12/h3-5H,1-2H3,(H,13,14,15). The smallest absolute Gasteiger partial charge is 0.272 e. The molecule has 0 saturated heterocycles. The van der Waals surface area contributed by atoms with E-state index < -0.39 is 11.8 Å². The highest BCUT2D eigenvalue weighted by molar-refractivity contribution is 6.34. The molecular weight excluding hydrogens is 264 g/mol. The van der Waals surface area contributed by atoms with Crippen molar-refractivity contribution in [2.75, 3.05) is 19.1 Å². The first-order chi connectivity index (χ1) is 9.69. The van der Waals surface area contributed by atoms with Crippen LogP contribution in [0.25, 0.3) is 0 Å². The highest BCUT2D eigenvalue weighted by Gasteiger charge is 2.41. The van der Waals surface area contributed by atoms with Gasteiger partial charge in [-0.3, -0.25) is 9.59 Å². The van der Waals surface area contributed by atoms with Gasteiger partial charge in [-0.2, -0.15) is 10.1 Å². The minimum atomic E-state index is -0.530. The van der Waals surface area contributed by atoms with Crippen molar-refractivity contribution in [3.8, 4) is 11.5 Å². The number of benzene rings is 1. The summed E-state index contributed by atoms with van der Waals surface area (Å²) in [4.78, 5) is 29.5. The van der Waals surface area contributed by atoms with Crippen LogP contribution < -0.4 is 14.4 Å². The maximum Gasteiger partial charge on any atom is 0.272 e. The Hall–Kier alpha value is -2.90. The number of fused-ring (bicyclic) bond motifs is 1. The van der Waals surface area contributed by atoms with Crippen molar-refractivity contribution in [3.05, 3.63) is 29.6 Å². The predicted molar refractivity (Wildman–Crippen MR) is 67.1 cm³/mol. The number of ether oxygens (including phenoxy) is 2. The number of carbonyl (C=O) groups is 2. The molecule has 1 N–H and O–H groups in total. The minimum absolute atomic E-state index is 0.0669. The summed E-state index contributed by atoms with van der Waals surface area (Å²) in [5.74, 6) is -0.338. The summed E-state index contributed by atoms with van der Waals surface area (Å²) in [5, 5.41) is 6.13. The van der Waals surface area contributed by atoms with Crippen LogP contribution in [0.15, 0.2) is 18.5 Å². The first kappa shape index (κ1) is 12.2. The van der Waals surface area contributed by atoms with Crippen molar-refractivity contribution in [1.82, 2.24) is 15.2 Å². The molecule has 2 amide bonds. The zero-order chi connectivity index (χ0) is 14.3. The molecule has 20 heavy (non-hydrogen) atoms. The molecule has 0 saturated carbocycles. The van der Waals surface area contributed by atoms with E-state index in [9.17, 15) is 9.59 Å². The zero-order valence-electron chi connectivity index (χ0n) is 10.7. The van der Waals surface area contributed by atoms with Crippen LogP contribution in [-0.2, 0) is 0 Å². The number of H-pyrrole nitrogens is 1. The van der Waals surface area contributed by atoms with Crippen LogP contribution in [0.5, 0.6) is 11.5 Å². The zero-order valence-corrected chi connectivity index (χ0v) is 10.7. The number of amides is 2. The minimum Gasteiger partial charge on any atom is -0.493 e. The molecule has 1 aromatic heterocycles. The Bertz CT molecular complexity index is 696. The first-order valence-electron chi connectivity index (χ1n) is 5.68. The average molecular weight is 274 g/mol. The van der Waals surface area contributed by atoms with Gasteiger partial charge in [0.05, 0.1) is 25.3 Å². The number of nitrogens with zero attached hydrogens (tertiary/aromatic N) is 3. The van der Waals surface area contributed by atoms with Gasteiger partial charge < -0.3 is 9.47 Å². The molecule has 0 unspecified atom stereocenters. The fraction of sp³-hybridized carbons (Fsp3) is 0.167. The third-order valence-electron chi connectivity index (χ3n) is 3.01. The SMILES string of the molecule is COc1ccc2c(c1OC)C(=O)N(c1ncn[nH]1)C2=O. The van der Waals surface area contributed by atoms with E-state index in [1.54, 1.807) is 6.07 Å². The third-order valence-corrected chi connectivity index (χ3v) is 3.01. The number of hydrogen-bond acceptors (Lipinski definition) is 6. The van der Waals surface area contributed by atoms with Crippen molar-refractivity contribution >= 4 is 17.8 Å². The molecule has 0 radical (unpaired) electrons. The van der Waals surface area contributed by atoms with Crippen LogP contribution in [-0.4, -0.2) is 41.2 Å². The van der Waals surface area contributed by atoms with Crippen molar-refractivity contribution in [1.29, 1.82) is 0 Å². The molecule has 0 aliphatic carbocycles. The number of hydrogen-bond donors (Lipinski definition) is 1. The Morgan fingerprint density at radius 2 is 1.95 bits per heavy atom. The van der Waals surface area contributed by atoms with Crippen LogP contribution >= 0.6 is 0 Å². The molecule has 2 heterocycles. The second kappa shape index (κ2) is 4.34. The fourth-order valence-electron chi connectivity index (χ4n) is 2.14. The summed E-state index contributed by atoms with van der Waals surface area (Å²) in [6.45, 7) is 0. The van der Waals surface area contributed by atoms with Crippen molar-refractivity contribution in [2.45, 2.75) is 0 Å². The molecule has 3 rings (SSSR count). The van der Waals surface area contributed by atoms with E-state index in [4.69, 9.17) is 9.47 Å². The number of nitrogens with one attached hydrogen (secondary N) is 1. The fourth-order valence-corrected chi connectivity index (χ4v) is 2.14. The lowest BCUT2D eigenvalue weighted by Gasteiger charge is -2.10. The highest BCUT2D eigenvalue weighted by Crippen LogP contribution is 2.38. The Balaban J connectivity index is 2.19. The van der Waals surface area contributed by atoms with Crippen molar-refractivity contribution < 1.29 is 19.1 Å². The number of anilines is 1. The van der Waals surface area contributed by atoms with Gasteiger partial charge in [-0.15, -0.1) is 0 Å². The molecular formula is C12H10N4O4. The number of aromatic nitrogens is 3. The summed E-state index contributed by atoms with van der Waals surface area (Å²) >= 11 is 0. The lowest BCUT2D eigenvalue weighted by molar-refractivity contribution is 0.0923. The van der Waals surface area contributed by atoms with Crippen LogP contribution in [0.4, 0.5) is 5.95 Å². The summed E-state index contributed by atoms with van der Waals surface area (Å²) in [6, 6.07) is 3.10. The topological polar surface area (TPSA) is 97.4 Å². The normalized spacial score (nSPS) is 13.6. The van der Waals surface area contributed by atoms with Crippen LogP contribution in [0, 0.1) is 0 Å². The van der Waals surface area contributed by atoms with E-state index in [1.165, 1.54) is 26.6 Å². The summed E-state index contributed by atoms with van der Waals surface area (Å²) < 4.78 is 10.3. The van der Waals surface area contributed by atoms with Gasteiger partial charge in [-0.25, -0.2) is 10.00 Å². The van der Waals surface area contributed by atoms with Crippen LogP contribution in [0.3, 0.4) is 0 Å². The lowest BCUT2D eigenvalue weighted by Crippen LogP contribution is -2.30. The number of methoxy groups -OCH3 is 2. The molecule has 8 nitrogen and oxygen atoms in total. The summed E-state index contributed by atoms with van der Waals surface area (Å²) in [5.41, 5.74) is 0.400. The number of rotatable bonds is 3. The number of aromatic amines is 1. The Morgan fingerprint density at radius 3 is 2.55 bits per heavy atom. The quantitative estimate of drug-likeness (QED) is 0.824. The largest absolute Gasteiger partial charge is 0.493 e. The highest BCUT2D eigenvalue weighted by atomic mass is 16.5. The first-order valence-corrected chi connectivity index (χ1v) is 5.68. The van der Waals surface area contributed by atoms with E-state index in [0.29, 0.717) is 5.75 Å². The maximum absolute atomic E-state index is 12.4. The van der Waals surface area contributed by atoms with Crippen LogP contribution in [0.2, 0.25) is 0 Å². The van der Waals surface area contributed by atoms with Gasteiger partial charge in [0, 0.05) is 0 Å². The van der Waals surface area contributed by atoms with E-state index >= 15 is 0 Å². The van der Waals surface area contributed by atoms with E-state index in [0.717, 1.165) is 4.90 Å². The van der Waals surface area contributed by atoms with Crippen molar-refractivity contribution in [3.63, 3.8) is 0 Å². The van der Waals surface area contributed by atoms with E-state index in [-0.39, 0.29) is 22.8 Å². The molecule has 1 aromatic carbocycles. The molecule has 0 fully saturated rings. The number of imide groups is 1. The predicted octanol–water partition coefficient (Wildman–Crippen LogP) is 0.622. The monoisotopic (exact) mass is 274 g/mol. The van der Waals surface area contributed by atoms with E-state index in [1.807, 2.05) is 0 Å². The Morgan fingerprint density at radius 1 is 1.15 bits per heavy atom. The Kier molecular flexibility index (Phi) is 2.63.